The first-order chi connectivity index (χ1) is 9.56. The average Bonchev–Trinajstić information content (AvgIpc) is 2.91. The number of hydrogen-bond acceptors (Lipinski definition) is 4. The quantitative estimate of drug-likeness (QED) is 0.902. The summed E-state index contributed by atoms with van der Waals surface area (Å²) in [5, 5.41) is 7.32. The Bertz CT molecular complexity index is 411. The van der Waals surface area contributed by atoms with Gasteiger partial charge in [0.1, 0.15) is 0 Å². The Morgan fingerprint density at radius 2 is 2.00 bits per heavy atom. The molecule has 1 fully saturated rings. The first-order valence-electron chi connectivity index (χ1n) is 7.34. The van der Waals surface area contributed by atoms with Crippen molar-refractivity contribution in [3.05, 3.63) is 22.4 Å². The van der Waals surface area contributed by atoms with Gasteiger partial charge in [-0.2, -0.15) is 11.3 Å². The van der Waals surface area contributed by atoms with E-state index in [2.05, 4.69) is 38.9 Å². The van der Waals surface area contributed by atoms with Crippen molar-refractivity contribution in [1.29, 1.82) is 0 Å². The van der Waals surface area contributed by atoms with Crippen LogP contribution in [0.4, 0.5) is 0 Å². The normalized spacial score (nSPS) is 19.2. The monoisotopic (exact) mass is 295 g/mol. The zero-order valence-corrected chi connectivity index (χ0v) is 13.4. The molecule has 0 saturated carbocycles. The fraction of sp³-hybridized carbons (Fsp3) is 0.667. The van der Waals surface area contributed by atoms with Crippen molar-refractivity contribution in [3.63, 3.8) is 0 Å². The van der Waals surface area contributed by atoms with Crippen LogP contribution in [0.3, 0.4) is 0 Å². The number of hydrogen-bond donors (Lipinski definition) is 1. The molecular weight excluding hydrogens is 270 g/mol. The van der Waals surface area contributed by atoms with Gasteiger partial charge in [0.05, 0.1) is 6.54 Å². The standard InChI is InChI=1S/C15H25N3OS/c1-12(2)16-15(19)10-17-5-7-18(8-6-17)13(3)14-4-9-20-11-14/h4,9,11-13H,5-8,10H2,1-3H3,(H,16,19)/t13-/m1/s1. The van der Waals surface area contributed by atoms with Gasteiger partial charge in [-0.25, -0.2) is 0 Å². The van der Waals surface area contributed by atoms with Gasteiger partial charge in [-0.05, 0) is 43.2 Å². The van der Waals surface area contributed by atoms with Gasteiger partial charge in [-0.3, -0.25) is 14.6 Å². The predicted octanol–water partition coefficient (Wildman–Crippen LogP) is 1.95. The van der Waals surface area contributed by atoms with Crippen LogP contribution in [0, 0.1) is 0 Å². The summed E-state index contributed by atoms with van der Waals surface area (Å²) in [6, 6.07) is 2.91. The Hall–Kier alpha value is -0.910. The van der Waals surface area contributed by atoms with Gasteiger partial charge >= 0.3 is 0 Å². The summed E-state index contributed by atoms with van der Waals surface area (Å²) in [7, 11) is 0. The smallest absolute Gasteiger partial charge is 0.234 e. The van der Waals surface area contributed by atoms with E-state index in [1.54, 1.807) is 11.3 Å². The Morgan fingerprint density at radius 3 is 2.55 bits per heavy atom. The van der Waals surface area contributed by atoms with Crippen molar-refractivity contribution in [1.82, 2.24) is 15.1 Å². The third kappa shape index (κ3) is 4.30. The summed E-state index contributed by atoms with van der Waals surface area (Å²) in [4.78, 5) is 16.5. The fourth-order valence-corrected chi connectivity index (χ4v) is 3.35. The maximum atomic E-state index is 11.8. The number of rotatable bonds is 5. The lowest BCUT2D eigenvalue weighted by molar-refractivity contribution is -0.123. The van der Waals surface area contributed by atoms with Crippen molar-refractivity contribution in [2.75, 3.05) is 32.7 Å². The second-order valence-electron chi connectivity index (χ2n) is 5.77. The summed E-state index contributed by atoms with van der Waals surface area (Å²) in [5.74, 6) is 0.138. The molecule has 112 valence electrons. The highest BCUT2D eigenvalue weighted by Crippen LogP contribution is 2.23. The number of thiophene rings is 1. The topological polar surface area (TPSA) is 35.6 Å². The van der Waals surface area contributed by atoms with Gasteiger partial charge in [0, 0.05) is 38.3 Å². The van der Waals surface area contributed by atoms with Crippen LogP contribution in [-0.2, 0) is 4.79 Å². The number of amides is 1. The number of carbonyl (C=O) groups is 1. The molecule has 1 aromatic heterocycles. The molecule has 1 amide bonds. The molecule has 0 unspecified atom stereocenters. The SMILES string of the molecule is CC(C)NC(=O)CN1CCN([C@H](C)c2ccsc2)CC1. The fourth-order valence-electron chi connectivity index (χ4n) is 2.60. The molecule has 1 N–H and O–H groups in total. The van der Waals surface area contributed by atoms with E-state index < -0.39 is 0 Å². The number of nitrogens with one attached hydrogen (secondary N) is 1. The molecule has 5 heteroatoms. The number of nitrogens with zero attached hydrogens (tertiary/aromatic N) is 2. The van der Waals surface area contributed by atoms with Crippen molar-refractivity contribution in [2.24, 2.45) is 0 Å². The lowest BCUT2D eigenvalue weighted by Crippen LogP contribution is -2.50. The van der Waals surface area contributed by atoms with Crippen LogP contribution in [0.5, 0.6) is 0 Å². The van der Waals surface area contributed by atoms with E-state index in [1.165, 1.54) is 5.56 Å². The molecule has 1 atom stereocenters. The van der Waals surface area contributed by atoms with Crippen LogP contribution in [0.25, 0.3) is 0 Å². The molecule has 0 aromatic carbocycles. The Morgan fingerprint density at radius 1 is 1.30 bits per heavy atom. The van der Waals surface area contributed by atoms with E-state index in [0.29, 0.717) is 12.6 Å². The molecule has 4 nitrogen and oxygen atoms in total. The highest BCUT2D eigenvalue weighted by Gasteiger charge is 2.23. The van der Waals surface area contributed by atoms with Crippen molar-refractivity contribution in [3.8, 4) is 0 Å². The van der Waals surface area contributed by atoms with Crippen molar-refractivity contribution < 1.29 is 4.79 Å². The Labute approximate surface area is 125 Å². The number of carbonyl (C=O) groups excluding carboxylic acids is 1. The molecule has 20 heavy (non-hydrogen) atoms. The van der Waals surface area contributed by atoms with E-state index in [4.69, 9.17) is 0 Å². The summed E-state index contributed by atoms with van der Waals surface area (Å²) >= 11 is 1.76. The zero-order chi connectivity index (χ0) is 14.5. The summed E-state index contributed by atoms with van der Waals surface area (Å²) in [5.41, 5.74) is 1.40. The van der Waals surface area contributed by atoms with Crippen molar-refractivity contribution >= 4 is 17.2 Å². The van der Waals surface area contributed by atoms with Crippen LogP contribution in [0.2, 0.25) is 0 Å². The van der Waals surface area contributed by atoms with Gasteiger partial charge < -0.3 is 5.32 Å². The Balaban J connectivity index is 1.76. The molecule has 1 aliphatic rings. The predicted molar refractivity (Wildman–Crippen MR) is 84.0 cm³/mol. The first-order valence-corrected chi connectivity index (χ1v) is 8.28. The van der Waals surface area contributed by atoms with Gasteiger partial charge in [0.15, 0.2) is 0 Å². The summed E-state index contributed by atoms with van der Waals surface area (Å²) in [6.07, 6.45) is 0. The minimum absolute atomic E-state index is 0.138. The van der Waals surface area contributed by atoms with Crippen LogP contribution >= 0.6 is 11.3 Å². The number of piperazine rings is 1. The van der Waals surface area contributed by atoms with E-state index in [1.807, 2.05) is 13.8 Å². The van der Waals surface area contributed by atoms with Gasteiger partial charge in [-0.15, -0.1) is 0 Å². The third-order valence-corrected chi connectivity index (χ3v) is 4.50. The minimum atomic E-state index is 0.138. The highest BCUT2D eigenvalue weighted by molar-refractivity contribution is 7.07. The molecule has 0 radical (unpaired) electrons. The van der Waals surface area contributed by atoms with E-state index in [-0.39, 0.29) is 11.9 Å². The lowest BCUT2D eigenvalue weighted by atomic mass is 10.1. The van der Waals surface area contributed by atoms with Crippen LogP contribution in [-0.4, -0.2) is 54.5 Å². The lowest BCUT2D eigenvalue weighted by Gasteiger charge is -2.37. The maximum Gasteiger partial charge on any atom is 0.234 e. The van der Waals surface area contributed by atoms with Crippen LogP contribution < -0.4 is 5.32 Å². The third-order valence-electron chi connectivity index (χ3n) is 3.80. The average molecular weight is 295 g/mol. The van der Waals surface area contributed by atoms with Crippen LogP contribution in [0.1, 0.15) is 32.4 Å². The molecular formula is C15H25N3OS. The van der Waals surface area contributed by atoms with Gasteiger partial charge in [0.2, 0.25) is 5.91 Å². The molecule has 2 rings (SSSR count). The van der Waals surface area contributed by atoms with E-state index in [0.717, 1.165) is 26.2 Å². The molecule has 0 bridgehead atoms. The Kier molecular flexibility index (Phi) is 5.57. The summed E-state index contributed by atoms with van der Waals surface area (Å²) < 4.78 is 0. The highest BCUT2D eigenvalue weighted by atomic mass is 32.1. The molecule has 0 spiro atoms. The van der Waals surface area contributed by atoms with E-state index in [9.17, 15) is 4.79 Å². The van der Waals surface area contributed by atoms with E-state index >= 15 is 0 Å². The van der Waals surface area contributed by atoms with Gasteiger partial charge in [-0.1, -0.05) is 0 Å². The second-order valence-corrected chi connectivity index (χ2v) is 6.55. The van der Waals surface area contributed by atoms with Gasteiger partial charge in [0.25, 0.3) is 0 Å². The molecule has 1 aromatic rings. The zero-order valence-electron chi connectivity index (χ0n) is 12.6. The van der Waals surface area contributed by atoms with Crippen molar-refractivity contribution in [2.45, 2.75) is 32.9 Å². The first kappa shape index (κ1) is 15.5. The molecule has 1 aliphatic heterocycles. The summed E-state index contributed by atoms with van der Waals surface area (Å²) in [6.45, 7) is 10.8. The van der Waals surface area contributed by atoms with Crippen LogP contribution in [0.15, 0.2) is 16.8 Å². The minimum Gasteiger partial charge on any atom is -0.353 e. The molecule has 2 heterocycles. The molecule has 1 saturated heterocycles. The second kappa shape index (κ2) is 7.20. The maximum absolute atomic E-state index is 11.8. The molecule has 0 aliphatic carbocycles. The largest absolute Gasteiger partial charge is 0.353 e.